The topological polar surface area (TPSA) is 74.7 Å². The van der Waals surface area contributed by atoms with E-state index in [2.05, 4.69) is 5.16 Å². The van der Waals surface area contributed by atoms with Crippen molar-refractivity contribution in [2.24, 2.45) is 0 Å². The van der Waals surface area contributed by atoms with E-state index in [4.69, 9.17) is 18.4 Å². The number of esters is 1. The number of benzene rings is 1. The van der Waals surface area contributed by atoms with Gasteiger partial charge in [0.15, 0.2) is 0 Å². The summed E-state index contributed by atoms with van der Waals surface area (Å²) in [5, 5.41) is 5.01. The lowest BCUT2D eigenvalue weighted by atomic mass is 9.82. The molecule has 0 unspecified atom stereocenters. The van der Waals surface area contributed by atoms with Crippen LogP contribution in [0.15, 0.2) is 39.7 Å². The van der Waals surface area contributed by atoms with Gasteiger partial charge in [0.25, 0.3) is 0 Å². The highest BCUT2D eigenvalue weighted by Gasteiger charge is 2.25. The normalized spacial score (nSPS) is 14.4. The minimum atomic E-state index is -0.293. The van der Waals surface area contributed by atoms with Crippen LogP contribution in [0.3, 0.4) is 0 Å². The van der Waals surface area contributed by atoms with Gasteiger partial charge in [-0.05, 0) is 25.0 Å². The number of carbonyl (C=O) groups excluding carboxylic acids is 1. The highest BCUT2D eigenvalue weighted by atomic mass is 16.5. The van der Waals surface area contributed by atoms with Gasteiger partial charge in [0.05, 0.1) is 31.1 Å². The third-order valence-electron chi connectivity index (χ3n) is 4.75. The average molecular weight is 341 g/mol. The molecule has 130 valence electrons. The summed E-state index contributed by atoms with van der Waals surface area (Å²) in [5.41, 5.74) is 3.50. The van der Waals surface area contributed by atoms with Crippen LogP contribution < -0.4 is 4.74 Å². The molecule has 25 heavy (non-hydrogen) atoms. The van der Waals surface area contributed by atoms with Crippen LogP contribution in [0.2, 0.25) is 0 Å². The van der Waals surface area contributed by atoms with Crippen LogP contribution in [0, 0.1) is 0 Å². The summed E-state index contributed by atoms with van der Waals surface area (Å²) in [6, 6.07) is 5.59. The van der Waals surface area contributed by atoms with Crippen molar-refractivity contribution in [3.8, 4) is 5.75 Å². The van der Waals surface area contributed by atoms with Gasteiger partial charge in [-0.3, -0.25) is 4.79 Å². The molecule has 0 radical (unpaired) electrons. The minimum Gasteiger partial charge on any atom is -0.489 e. The van der Waals surface area contributed by atoms with Gasteiger partial charge in [0.2, 0.25) is 0 Å². The summed E-state index contributed by atoms with van der Waals surface area (Å²) < 4.78 is 21.2. The van der Waals surface area contributed by atoms with Crippen molar-refractivity contribution in [1.82, 2.24) is 5.16 Å². The average Bonchev–Trinajstić information content (AvgIpc) is 3.18. The second-order valence-corrected chi connectivity index (χ2v) is 6.31. The van der Waals surface area contributed by atoms with Crippen LogP contribution in [-0.2, 0) is 22.6 Å². The maximum absolute atomic E-state index is 11.4. The van der Waals surface area contributed by atoms with Gasteiger partial charge in [-0.2, -0.15) is 0 Å². The lowest BCUT2D eigenvalue weighted by molar-refractivity contribution is -0.139. The maximum Gasteiger partial charge on any atom is 0.310 e. The number of fused-ring (bicyclic) bond motifs is 1. The lowest BCUT2D eigenvalue weighted by Crippen LogP contribution is -2.12. The Morgan fingerprint density at radius 3 is 2.92 bits per heavy atom. The summed E-state index contributed by atoms with van der Waals surface area (Å²) in [6.07, 6.45) is 7.02. The van der Waals surface area contributed by atoms with Crippen LogP contribution in [-0.4, -0.2) is 18.2 Å². The largest absolute Gasteiger partial charge is 0.489 e. The second-order valence-electron chi connectivity index (χ2n) is 6.31. The van der Waals surface area contributed by atoms with Crippen molar-refractivity contribution in [1.29, 1.82) is 0 Å². The van der Waals surface area contributed by atoms with Gasteiger partial charge >= 0.3 is 5.97 Å². The Labute approximate surface area is 144 Å². The van der Waals surface area contributed by atoms with Gasteiger partial charge in [-0.15, -0.1) is 0 Å². The first-order valence-electron chi connectivity index (χ1n) is 8.37. The molecule has 1 fully saturated rings. The summed E-state index contributed by atoms with van der Waals surface area (Å²) in [4.78, 5) is 11.4. The molecule has 4 rings (SSSR count). The van der Waals surface area contributed by atoms with Gasteiger partial charge in [-0.25, -0.2) is 0 Å². The number of furan rings is 1. The van der Waals surface area contributed by atoms with E-state index in [1.807, 2.05) is 18.2 Å². The Balaban J connectivity index is 1.47. The summed E-state index contributed by atoms with van der Waals surface area (Å²) >= 11 is 0. The highest BCUT2D eigenvalue weighted by Crippen LogP contribution is 2.37. The summed E-state index contributed by atoms with van der Waals surface area (Å²) in [7, 11) is 1.37. The quantitative estimate of drug-likeness (QED) is 0.631. The molecule has 0 aliphatic heterocycles. The molecule has 1 aliphatic rings. The Morgan fingerprint density at radius 2 is 2.16 bits per heavy atom. The molecular weight excluding hydrogens is 322 g/mol. The van der Waals surface area contributed by atoms with Crippen LogP contribution >= 0.6 is 0 Å². The standard InChI is InChI=1S/C19H19NO5/c1-22-18(21)7-13-9-24-17-8-15(5-6-16(13)17)23-10-14-11-25-20-19(14)12-3-2-4-12/h5-6,8-9,11-12H,2-4,7,10H2,1H3. The van der Waals surface area contributed by atoms with Gasteiger partial charge in [0, 0.05) is 22.9 Å². The molecule has 0 spiro atoms. The van der Waals surface area contributed by atoms with Crippen LogP contribution in [0.5, 0.6) is 5.75 Å². The number of nitrogens with zero attached hydrogens (tertiary/aromatic N) is 1. The fraction of sp³-hybridized carbons (Fsp3) is 0.368. The van der Waals surface area contributed by atoms with Crippen molar-refractivity contribution in [2.75, 3.05) is 7.11 Å². The predicted molar refractivity (Wildman–Crippen MR) is 89.4 cm³/mol. The van der Waals surface area contributed by atoms with Crippen molar-refractivity contribution >= 4 is 16.9 Å². The number of aromatic nitrogens is 1. The zero-order valence-electron chi connectivity index (χ0n) is 14.0. The van der Waals surface area contributed by atoms with Crippen molar-refractivity contribution in [2.45, 2.75) is 38.2 Å². The molecule has 0 saturated heterocycles. The summed E-state index contributed by atoms with van der Waals surface area (Å²) in [6.45, 7) is 0.413. The third kappa shape index (κ3) is 3.12. The van der Waals surface area contributed by atoms with E-state index in [-0.39, 0.29) is 12.4 Å². The van der Waals surface area contributed by atoms with Gasteiger partial charge in [-0.1, -0.05) is 11.6 Å². The number of hydrogen-bond donors (Lipinski definition) is 0. The van der Waals surface area contributed by atoms with Gasteiger partial charge in [0.1, 0.15) is 24.2 Å². The fourth-order valence-electron chi connectivity index (χ4n) is 3.07. The zero-order valence-corrected chi connectivity index (χ0v) is 14.0. The molecule has 0 N–H and O–H groups in total. The van der Waals surface area contributed by atoms with E-state index in [9.17, 15) is 4.79 Å². The van der Waals surface area contributed by atoms with E-state index in [1.165, 1.54) is 26.4 Å². The molecule has 0 atom stereocenters. The Morgan fingerprint density at radius 1 is 1.28 bits per heavy atom. The Hall–Kier alpha value is -2.76. The number of ether oxygens (including phenoxy) is 2. The van der Waals surface area contributed by atoms with Crippen LogP contribution in [0.4, 0.5) is 0 Å². The molecule has 0 bridgehead atoms. The van der Waals surface area contributed by atoms with E-state index in [0.717, 1.165) is 22.2 Å². The predicted octanol–water partition coefficient (Wildman–Crippen LogP) is 3.98. The zero-order chi connectivity index (χ0) is 17.2. The fourth-order valence-corrected chi connectivity index (χ4v) is 3.07. The van der Waals surface area contributed by atoms with E-state index < -0.39 is 0 Å². The smallest absolute Gasteiger partial charge is 0.310 e. The van der Waals surface area contributed by atoms with Crippen LogP contribution in [0.1, 0.15) is 42.0 Å². The van der Waals surface area contributed by atoms with Crippen molar-refractivity contribution in [3.63, 3.8) is 0 Å². The molecule has 3 aromatic rings. The van der Waals surface area contributed by atoms with E-state index in [0.29, 0.717) is 23.9 Å². The number of methoxy groups -OCH3 is 1. The van der Waals surface area contributed by atoms with Crippen molar-refractivity contribution in [3.05, 3.63) is 47.5 Å². The minimum absolute atomic E-state index is 0.190. The van der Waals surface area contributed by atoms with E-state index >= 15 is 0 Å². The second kappa shape index (κ2) is 6.63. The lowest BCUT2D eigenvalue weighted by Gasteiger charge is -2.23. The molecule has 1 aliphatic carbocycles. The molecule has 2 aromatic heterocycles. The first kappa shape index (κ1) is 15.7. The number of rotatable bonds is 6. The molecule has 1 saturated carbocycles. The van der Waals surface area contributed by atoms with Crippen molar-refractivity contribution < 1.29 is 23.2 Å². The third-order valence-corrected chi connectivity index (χ3v) is 4.75. The molecular formula is C19H19NO5. The van der Waals surface area contributed by atoms with E-state index in [1.54, 1.807) is 12.5 Å². The first-order valence-corrected chi connectivity index (χ1v) is 8.37. The molecule has 0 amide bonds. The molecule has 6 nitrogen and oxygen atoms in total. The molecule has 6 heteroatoms. The maximum atomic E-state index is 11.4. The summed E-state index contributed by atoms with van der Waals surface area (Å²) in [5.74, 6) is 0.914. The SMILES string of the molecule is COC(=O)Cc1coc2cc(OCc3conc3C3CCC3)ccc12. The first-order chi connectivity index (χ1) is 12.2. The number of hydrogen-bond acceptors (Lipinski definition) is 6. The highest BCUT2D eigenvalue weighted by molar-refractivity contribution is 5.86. The Bertz CT molecular complexity index is 890. The van der Waals surface area contributed by atoms with Gasteiger partial charge < -0.3 is 18.4 Å². The monoisotopic (exact) mass is 341 g/mol. The Kier molecular flexibility index (Phi) is 4.17. The molecule has 2 heterocycles. The van der Waals surface area contributed by atoms with Crippen LogP contribution in [0.25, 0.3) is 11.0 Å². The molecule has 1 aromatic carbocycles. The number of carbonyl (C=O) groups is 1.